The highest BCUT2D eigenvalue weighted by Crippen LogP contribution is 2.24. The van der Waals surface area contributed by atoms with Gasteiger partial charge < -0.3 is 0 Å². The fourth-order valence-electron chi connectivity index (χ4n) is 1.59. The van der Waals surface area contributed by atoms with Crippen LogP contribution in [0.15, 0.2) is 42.5 Å². The summed E-state index contributed by atoms with van der Waals surface area (Å²) in [5.41, 5.74) is 1.55. The fraction of sp³-hybridized carbons (Fsp3) is 0. The van der Waals surface area contributed by atoms with Crippen molar-refractivity contribution in [2.45, 2.75) is 0 Å². The second kappa shape index (κ2) is 4.58. The van der Waals surface area contributed by atoms with Gasteiger partial charge in [0.1, 0.15) is 5.82 Å². The Balaban J connectivity index is 2.53. The zero-order valence-electron chi connectivity index (χ0n) is 8.85. The van der Waals surface area contributed by atoms with E-state index in [0.29, 0.717) is 23.0 Å². The normalized spacial score (nSPS) is 9.65. The Hall–Kier alpha value is -2.47. The van der Waals surface area contributed by atoms with Gasteiger partial charge in [-0.15, -0.1) is 0 Å². The van der Waals surface area contributed by atoms with E-state index in [9.17, 15) is 9.18 Å². The summed E-state index contributed by atoms with van der Waals surface area (Å²) in [7, 11) is 0. The van der Waals surface area contributed by atoms with E-state index in [4.69, 9.17) is 5.26 Å². The summed E-state index contributed by atoms with van der Waals surface area (Å²) in [5.74, 6) is -0.535. The zero-order valence-corrected chi connectivity index (χ0v) is 8.85. The van der Waals surface area contributed by atoms with Gasteiger partial charge in [0, 0.05) is 5.56 Å². The number of hydrogen-bond donors (Lipinski definition) is 0. The number of hydrogen-bond acceptors (Lipinski definition) is 2. The van der Waals surface area contributed by atoms with Gasteiger partial charge in [0.15, 0.2) is 6.29 Å². The fourth-order valence-corrected chi connectivity index (χ4v) is 1.59. The van der Waals surface area contributed by atoms with Gasteiger partial charge in [-0.3, -0.25) is 4.79 Å². The second-order valence-corrected chi connectivity index (χ2v) is 3.52. The molecule has 0 bridgehead atoms. The Morgan fingerprint density at radius 3 is 2.41 bits per heavy atom. The summed E-state index contributed by atoms with van der Waals surface area (Å²) in [6.07, 6.45) is 0.489. The molecule has 2 aromatic rings. The largest absolute Gasteiger partial charge is 0.298 e. The van der Waals surface area contributed by atoms with E-state index in [2.05, 4.69) is 0 Å². The number of aldehydes is 1. The molecule has 0 saturated heterocycles. The molecule has 0 fully saturated rings. The lowest BCUT2D eigenvalue weighted by Crippen LogP contribution is -1.91. The predicted octanol–water partition coefficient (Wildman–Crippen LogP) is 3.18. The molecule has 82 valence electrons. The van der Waals surface area contributed by atoms with Crippen molar-refractivity contribution in [3.8, 4) is 17.2 Å². The quantitative estimate of drug-likeness (QED) is 0.736. The van der Waals surface area contributed by atoms with Crippen molar-refractivity contribution < 1.29 is 9.18 Å². The Morgan fingerprint density at radius 1 is 1.12 bits per heavy atom. The van der Waals surface area contributed by atoms with E-state index >= 15 is 0 Å². The van der Waals surface area contributed by atoms with Crippen LogP contribution < -0.4 is 0 Å². The van der Waals surface area contributed by atoms with Crippen LogP contribution in [-0.4, -0.2) is 6.29 Å². The maximum absolute atomic E-state index is 13.8. The summed E-state index contributed by atoms with van der Waals surface area (Å²) in [4.78, 5) is 10.6. The van der Waals surface area contributed by atoms with Crippen molar-refractivity contribution in [3.63, 3.8) is 0 Å². The molecule has 17 heavy (non-hydrogen) atoms. The molecule has 0 unspecified atom stereocenters. The molecule has 0 aliphatic rings. The summed E-state index contributed by atoms with van der Waals surface area (Å²) in [6, 6.07) is 13.2. The molecule has 2 nitrogen and oxygen atoms in total. The molecule has 0 saturated carbocycles. The summed E-state index contributed by atoms with van der Waals surface area (Å²) >= 11 is 0. The van der Waals surface area contributed by atoms with Crippen molar-refractivity contribution in [1.82, 2.24) is 0 Å². The average Bonchev–Trinajstić information content (AvgIpc) is 2.39. The summed E-state index contributed by atoms with van der Waals surface area (Å²) in [6.45, 7) is 0. The van der Waals surface area contributed by atoms with Crippen LogP contribution in [0, 0.1) is 17.1 Å². The van der Waals surface area contributed by atoms with Crippen LogP contribution in [0.4, 0.5) is 4.39 Å². The van der Waals surface area contributed by atoms with Crippen LogP contribution in [-0.2, 0) is 0 Å². The van der Waals surface area contributed by atoms with Crippen molar-refractivity contribution in [2.24, 2.45) is 0 Å². The SMILES string of the molecule is N#Cc1ccc(-c2cccc(C=O)c2F)cc1. The van der Waals surface area contributed by atoms with Crippen LogP contribution in [0.3, 0.4) is 0 Å². The lowest BCUT2D eigenvalue weighted by molar-refractivity contribution is 0.112. The van der Waals surface area contributed by atoms with Crippen LogP contribution in [0.25, 0.3) is 11.1 Å². The minimum absolute atomic E-state index is 0.0341. The maximum atomic E-state index is 13.8. The molecule has 0 aromatic heterocycles. The number of nitriles is 1. The second-order valence-electron chi connectivity index (χ2n) is 3.52. The average molecular weight is 225 g/mol. The van der Waals surface area contributed by atoms with E-state index < -0.39 is 5.82 Å². The highest BCUT2D eigenvalue weighted by atomic mass is 19.1. The van der Waals surface area contributed by atoms with Crippen molar-refractivity contribution in [1.29, 1.82) is 5.26 Å². The standard InChI is InChI=1S/C14H8FNO/c15-14-12(9-17)2-1-3-13(14)11-6-4-10(8-16)5-7-11/h1-7,9H. The third-order valence-corrected chi connectivity index (χ3v) is 2.48. The zero-order chi connectivity index (χ0) is 12.3. The van der Waals surface area contributed by atoms with Gasteiger partial charge in [0.25, 0.3) is 0 Å². The van der Waals surface area contributed by atoms with Gasteiger partial charge in [-0.1, -0.05) is 24.3 Å². The first-order valence-corrected chi connectivity index (χ1v) is 5.00. The molecule has 0 atom stereocenters. The maximum Gasteiger partial charge on any atom is 0.153 e. The number of nitrogens with zero attached hydrogens (tertiary/aromatic N) is 1. The number of halogens is 1. The lowest BCUT2D eigenvalue weighted by Gasteiger charge is -2.04. The van der Waals surface area contributed by atoms with Gasteiger partial charge in [-0.2, -0.15) is 5.26 Å². The van der Waals surface area contributed by atoms with Gasteiger partial charge in [0.05, 0.1) is 17.2 Å². The highest BCUT2D eigenvalue weighted by molar-refractivity contribution is 5.79. The van der Waals surface area contributed by atoms with Crippen molar-refractivity contribution in [3.05, 3.63) is 59.4 Å². The van der Waals surface area contributed by atoms with Gasteiger partial charge in [-0.25, -0.2) is 4.39 Å². The molecule has 0 N–H and O–H groups in total. The number of carbonyl (C=O) groups excluding carboxylic acids is 1. The first kappa shape index (κ1) is 11.0. The van der Waals surface area contributed by atoms with Crippen molar-refractivity contribution >= 4 is 6.29 Å². The molecule has 0 aliphatic heterocycles. The molecule has 0 aliphatic carbocycles. The Morgan fingerprint density at radius 2 is 1.82 bits per heavy atom. The molecule has 0 amide bonds. The monoisotopic (exact) mass is 225 g/mol. The third-order valence-electron chi connectivity index (χ3n) is 2.48. The number of benzene rings is 2. The van der Waals surface area contributed by atoms with Crippen molar-refractivity contribution in [2.75, 3.05) is 0 Å². The smallest absolute Gasteiger partial charge is 0.153 e. The van der Waals surface area contributed by atoms with Crippen LogP contribution >= 0.6 is 0 Å². The molecular weight excluding hydrogens is 217 g/mol. The van der Waals surface area contributed by atoms with Gasteiger partial charge in [-0.05, 0) is 23.8 Å². The Bertz CT molecular complexity index is 597. The Labute approximate surface area is 97.9 Å². The van der Waals surface area contributed by atoms with E-state index in [1.807, 2.05) is 6.07 Å². The molecule has 2 rings (SSSR count). The highest BCUT2D eigenvalue weighted by Gasteiger charge is 2.08. The minimum Gasteiger partial charge on any atom is -0.298 e. The van der Waals surface area contributed by atoms with Gasteiger partial charge >= 0.3 is 0 Å². The summed E-state index contributed by atoms with van der Waals surface area (Å²) in [5, 5.41) is 8.67. The molecule has 3 heteroatoms. The van der Waals surface area contributed by atoms with E-state index in [1.54, 1.807) is 36.4 Å². The predicted molar refractivity (Wildman–Crippen MR) is 61.9 cm³/mol. The van der Waals surface area contributed by atoms with Crippen LogP contribution in [0.2, 0.25) is 0 Å². The van der Waals surface area contributed by atoms with Crippen LogP contribution in [0.1, 0.15) is 15.9 Å². The molecule has 0 heterocycles. The minimum atomic E-state index is -0.535. The van der Waals surface area contributed by atoms with E-state index in [0.717, 1.165) is 0 Å². The Kier molecular flexibility index (Phi) is 2.97. The van der Waals surface area contributed by atoms with E-state index in [-0.39, 0.29) is 5.56 Å². The van der Waals surface area contributed by atoms with Gasteiger partial charge in [0.2, 0.25) is 0 Å². The molecule has 0 spiro atoms. The topological polar surface area (TPSA) is 40.9 Å². The lowest BCUT2D eigenvalue weighted by atomic mass is 10.0. The molecular formula is C14H8FNO. The molecule has 2 aromatic carbocycles. The molecule has 0 radical (unpaired) electrons. The first-order chi connectivity index (χ1) is 8.26. The van der Waals surface area contributed by atoms with E-state index in [1.165, 1.54) is 6.07 Å². The summed E-state index contributed by atoms with van der Waals surface area (Å²) < 4.78 is 13.8. The number of rotatable bonds is 2. The third kappa shape index (κ3) is 2.06. The number of carbonyl (C=O) groups is 1. The van der Waals surface area contributed by atoms with Crippen LogP contribution in [0.5, 0.6) is 0 Å². The first-order valence-electron chi connectivity index (χ1n) is 5.00.